The van der Waals surface area contributed by atoms with Gasteiger partial charge in [0, 0.05) is 11.9 Å². The van der Waals surface area contributed by atoms with Crippen molar-refractivity contribution in [2.24, 2.45) is 10.9 Å². The van der Waals surface area contributed by atoms with Gasteiger partial charge in [-0.1, -0.05) is 13.8 Å². The number of benzene rings is 1. The molecule has 0 fully saturated rings. The summed E-state index contributed by atoms with van der Waals surface area (Å²) in [5, 5.41) is 12.9. The summed E-state index contributed by atoms with van der Waals surface area (Å²) >= 11 is 0. The molecule has 2 N–H and O–H groups in total. The van der Waals surface area contributed by atoms with E-state index in [0.29, 0.717) is 12.6 Å². The van der Waals surface area contributed by atoms with Crippen LogP contribution in [-0.4, -0.2) is 37.7 Å². The topological polar surface area (TPSA) is 57.1 Å². The first kappa shape index (κ1) is 15.4. The van der Waals surface area contributed by atoms with Gasteiger partial charge in [-0.25, -0.2) is 0 Å². The summed E-state index contributed by atoms with van der Waals surface area (Å²) in [6.45, 7) is 4.83. The molecule has 0 aliphatic carbocycles. The molecule has 0 radical (unpaired) electrons. The Morgan fingerprint density at radius 2 is 2.05 bits per heavy atom. The number of methoxy groups -OCH3 is 1. The van der Waals surface area contributed by atoms with Gasteiger partial charge in [0.1, 0.15) is 18.2 Å². The molecule has 1 aromatic carbocycles. The van der Waals surface area contributed by atoms with Gasteiger partial charge < -0.3 is 20.1 Å². The molecule has 0 amide bonds. The Kier molecular flexibility index (Phi) is 5.22. The summed E-state index contributed by atoms with van der Waals surface area (Å²) in [5.41, 5.74) is 1.03. The summed E-state index contributed by atoms with van der Waals surface area (Å²) in [6, 6.07) is 7.87. The van der Waals surface area contributed by atoms with E-state index in [1.807, 2.05) is 30.3 Å². The molecule has 5 heteroatoms. The first-order valence-electron chi connectivity index (χ1n) is 7.14. The first-order chi connectivity index (χ1) is 10.2. The molecule has 0 spiro atoms. The maximum atomic E-state index is 9.49. The molecule has 0 saturated heterocycles. The van der Waals surface area contributed by atoms with Crippen molar-refractivity contribution < 1.29 is 9.84 Å². The van der Waals surface area contributed by atoms with E-state index in [0.717, 1.165) is 17.3 Å². The van der Waals surface area contributed by atoms with Crippen LogP contribution in [0.5, 0.6) is 5.75 Å². The minimum absolute atomic E-state index is 0.0171. The van der Waals surface area contributed by atoms with E-state index in [9.17, 15) is 5.11 Å². The Labute approximate surface area is 125 Å². The molecule has 1 aliphatic heterocycles. The molecule has 5 nitrogen and oxygen atoms in total. The Morgan fingerprint density at radius 1 is 1.33 bits per heavy atom. The summed E-state index contributed by atoms with van der Waals surface area (Å²) in [4.78, 5) is 6.37. The van der Waals surface area contributed by atoms with Crippen molar-refractivity contribution in [2.75, 3.05) is 25.3 Å². The number of aliphatic imine (C=N–C) groups is 1. The van der Waals surface area contributed by atoms with E-state index < -0.39 is 0 Å². The molecule has 114 valence electrons. The second-order valence-corrected chi connectivity index (χ2v) is 5.33. The second-order valence-electron chi connectivity index (χ2n) is 5.33. The van der Waals surface area contributed by atoms with Crippen LogP contribution in [0.4, 0.5) is 5.69 Å². The van der Waals surface area contributed by atoms with E-state index in [1.54, 1.807) is 13.3 Å². The molecular formula is C16H23N3O2. The predicted octanol–water partition coefficient (Wildman–Crippen LogP) is 1.99. The maximum absolute atomic E-state index is 9.49. The van der Waals surface area contributed by atoms with Crippen molar-refractivity contribution in [2.45, 2.75) is 19.9 Å². The molecule has 1 heterocycles. The average Bonchev–Trinajstić information content (AvgIpc) is 2.52. The van der Waals surface area contributed by atoms with Crippen LogP contribution in [0.25, 0.3) is 0 Å². The number of aliphatic hydroxyl groups excluding tert-OH is 1. The zero-order valence-corrected chi connectivity index (χ0v) is 12.8. The van der Waals surface area contributed by atoms with Crippen molar-refractivity contribution in [3.8, 4) is 5.75 Å². The van der Waals surface area contributed by atoms with Gasteiger partial charge in [-0.2, -0.15) is 0 Å². The maximum Gasteiger partial charge on any atom is 0.119 e. The fourth-order valence-electron chi connectivity index (χ4n) is 2.14. The van der Waals surface area contributed by atoms with Crippen molar-refractivity contribution in [3.63, 3.8) is 0 Å². The number of nitrogens with zero attached hydrogens (tertiary/aromatic N) is 2. The van der Waals surface area contributed by atoms with E-state index in [1.165, 1.54) is 0 Å². The highest BCUT2D eigenvalue weighted by atomic mass is 16.5. The van der Waals surface area contributed by atoms with Crippen LogP contribution in [0.3, 0.4) is 0 Å². The predicted molar refractivity (Wildman–Crippen MR) is 85.8 cm³/mol. The summed E-state index contributed by atoms with van der Waals surface area (Å²) in [6.07, 6.45) is 3.72. The zero-order chi connectivity index (χ0) is 15.2. The van der Waals surface area contributed by atoms with Crippen molar-refractivity contribution in [3.05, 3.63) is 36.2 Å². The Morgan fingerprint density at radius 3 is 2.62 bits per heavy atom. The SMILES string of the molecule is COc1ccc(N2CN=CC=C2N[C@@H](CO)C(C)C)cc1. The molecule has 1 atom stereocenters. The molecule has 1 aromatic rings. The normalized spacial score (nSPS) is 15.9. The van der Waals surface area contributed by atoms with E-state index in [2.05, 4.69) is 29.1 Å². The number of rotatable bonds is 6. The third-order valence-electron chi connectivity index (χ3n) is 3.57. The second kappa shape index (κ2) is 7.13. The molecule has 21 heavy (non-hydrogen) atoms. The molecule has 0 saturated carbocycles. The van der Waals surface area contributed by atoms with Gasteiger partial charge in [0.25, 0.3) is 0 Å². The zero-order valence-electron chi connectivity index (χ0n) is 12.8. The van der Waals surface area contributed by atoms with Crippen LogP contribution in [0.2, 0.25) is 0 Å². The Hall–Kier alpha value is -2.01. The number of nitrogens with one attached hydrogen (secondary N) is 1. The smallest absolute Gasteiger partial charge is 0.119 e. The standard InChI is InChI=1S/C16H23N3O2/c1-12(2)15(10-20)18-16-8-9-17-11-19(16)13-4-6-14(21-3)7-5-13/h4-9,12,15,18,20H,10-11H2,1-3H3/t15-/m0/s1. The van der Waals surface area contributed by atoms with Gasteiger partial charge in [0.05, 0.1) is 19.8 Å². The van der Waals surface area contributed by atoms with Crippen LogP contribution < -0.4 is 15.0 Å². The van der Waals surface area contributed by atoms with E-state index >= 15 is 0 Å². The van der Waals surface area contributed by atoms with Gasteiger partial charge in [-0.3, -0.25) is 4.99 Å². The van der Waals surface area contributed by atoms with Gasteiger partial charge in [0.2, 0.25) is 0 Å². The van der Waals surface area contributed by atoms with Gasteiger partial charge in [0.15, 0.2) is 0 Å². The Balaban J connectivity index is 2.17. The van der Waals surface area contributed by atoms with Crippen LogP contribution in [0.1, 0.15) is 13.8 Å². The van der Waals surface area contributed by atoms with Crippen LogP contribution in [-0.2, 0) is 0 Å². The lowest BCUT2D eigenvalue weighted by molar-refractivity contribution is 0.218. The van der Waals surface area contributed by atoms with E-state index in [4.69, 9.17) is 4.74 Å². The quantitative estimate of drug-likeness (QED) is 0.841. The highest BCUT2D eigenvalue weighted by Crippen LogP contribution is 2.23. The number of hydrogen-bond acceptors (Lipinski definition) is 5. The lowest BCUT2D eigenvalue weighted by Crippen LogP contribution is -2.43. The molecule has 1 aliphatic rings. The van der Waals surface area contributed by atoms with Gasteiger partial charge >= 0.3 is 0 Å². The molecule has 0 unspecified atom stereocenters. The number of ether oxygens (including phenoxy) is 1. The Bertz CT molecular complexity index is 509. The van der Waals surface area contributed by atoms with E-state index in [-0.39, 0.29) is 12.6 Å². The lowest BCUT2D eigenvalue weighted by atomic mass is 10.1. The molecule has 0 bridgehead atoms. The van der Waals surface area contributed by atoms with Crippen molar-refractivity contribution >= 4 is 11.9 Å². The van der Waals surface area contributed by atoms with Gasteiger partial charge in [-0.05, 0) is 36.3 Å². The fourth-order valence-corrected chi connectivity index (χ4v) is 2.14. The average molecular weight is 289 g/mol. The summed E-state index contributed by atoms with van der Waals surface area (Å²) in [7, 11) is 1.65. The summed E-state index contributed by atoms with van der Waals surface area (Å²) in [5.74, 6) is 2.11. The lowest BCUT2D eigenvalue weighted by Gasteiger charge is -2.32. The van der Waals surface area contributed by atoms with Crippen molar-refractivity contribution in [1.82, 2.24) is 5.32 Å². The number of allylic oxidation sites excluding steroid dienone is 1. The third kappa shape index (κ3) is 3.76. The molecule has 2 rings (SSSR count). The minimum atomic E-state index is 0.0171. The van der Waals surface area contributed by atoms with Crippen LogP contribution >= 0.6 is 0 Å². The van der Waals surface area contributed by atoms with Crippen molar-refractivity contribution in [1.29, 1.82) is 0 Å². The minimum Gasteiger partial charge on any atom is -0.497 e. The van der Waals surface area contributed by atoms with Crippen LogP contribution in [0, 0.1) is 5.92 Å². The monoisotopic (exact) mass is 289 g/mol. The van der Waals surface area contributed by atoms with Gasteiger partial charge in [-0.15, -0.1) is 0 Å². The number of aliphatic hydroxyl groups is 1. The largest absolute Gasteiger partial charge is 0.497 e. The molecular weight excluding hydrogens is 266 g/mol. The number of anilines is 1. The summed E-state index contributed by atoms with van der Waals surface area (Å²) < 4.78 is 5.19. The van der Waals surface area contributed by atoms with Crippen LogP contribution in [0.15, 0.2) is 41.2 Å². The number of hydrogen-bond donors (Lipinski definition) is 2. The highest BCUT2D eigenvalue weighted by Gasteiger charge is 2.19. The molecule has 0 aromatic heterocycles. The first-order valence-corrected chi connectivity index (χ1v) is 7.14. The fraction of sp³-hybridized carbons (Fsp3) is 0.438. The highest BCUT2D eigenvalue weighted by molar-refractivity contribution is 5.76. The third-order valence-corrected chi connectivity index (χ3v) is 3.57.